The first kappa shape index (κ1) is 18.3. The molecule has 6 nitrogen and oxygen atoms in total. The summed E-state index contributed by atoms with van der Waals surface area (Å²) in [6, 6.07) is 14.1. The van der Waals surface area contributed by atoms with E-state index in [9.17, 15) is 0 Å². The smallest absolute Gasteiger partial charge is 0.231 e. The average molecular weight is 472 g/mol. The Bertz CT molecular complexity index is 1230. The number of nitrogen functional groups attached to an aromatic ring is 1. The Morgan fingerprint density at radius 1 is 1.07 bits per heavy atom. The molecule has 2 aromatic heterocycles. The Morgan fingerprint density at radius 3 is 2.62 bits per heavy atom. The summed E-state index contributed by atoms with van der Waals surface area (Å²) < 4.78 is 13.9. The van der Waals surface area contributed by atoms with Crippen molar-refractivity contribution in [2.45, 2.75) is 13.0 Å². The number of hydrogen-bond donors (Lipinski definition) is 1. The van der Waals surface area contributed by atoms with Crippen LogP contribution in [0.4, 0.5) is 5.95 Å². The van der Waals surface area contributed by atoms with Crippen molar-refractivity contribution in [1.29, 1.82) is 0 Å². The second kappa shape index (κ2) is 7.24. The van der Waals surface area contributed by atoms with Gasteiger partial charge in [-0.3, -0.25) is 0 Å². The molecule has 4 aromatic rings. The van der Waals surface area contributed by atoms with Crippen molar-refractivity contribution in [3.63, 3.8) is 0 Å². The topological polar surface area (TPSA) is 75.2 Å². The number of halogens is 2. The van der Waals surface area contributed by atoms with Gasteiger partial charge in [0.25, 0.3) is 0 Å². The van der Waals surface area contributed by atoms with Gasteiger partial charge in [-0.1, -0.05) is 57.9 Å². The lowest BCUT2D eigenvalue weighted by molar-refractivity contribution is 0.174. The summed E-state index contributed by atoms with van der Waals surface area (Å²) in [5.41, 5.74) is 9.86. The van der Waals surface area contributed by atoms with E-state index in [4.69, 9.17) is 26.8 Å². The lowest BCUT2D eigenvalue weighted by atomic mass is 10.1. The lowest BCUT2D eigenvalue weighted by Crippen LogP contribution is -2.03. The van der Waals surface area contributed by atoms with E-state index in [1.807, 2.05) is 34.9 Å². The van der Waals surface area contributed by atoms with E-state index in [-0.39, 0.29) is 12.7 Å². The first-order valence-electron chi connectivity index (χ1n) is 9.01. The molecule has 0 saturated heterocycles. The number of ether oxygens (including phenoxy) is 2. The first-order chi connectivity index (χ1) is 14.1. The fraction of sp³-hybridized carbons (Fsp3) is 0.143. The number of nitrogens with zero attached hydrogens (tertiary/aromatic N) is 3. The van der Waals surface area contributed by atoms with Crippen LogP contribution in [0, 0.1) is 0 Å². The molecule has 0 aliphatic carbocycles. The van der Waals surface area contributed by atoms with E-state index >= 15 is 0 Å². The largest absolute Gasteiger partial charge is 0.454 e. The Balaban J connectivity index is 1.61. The predicted octanol–water partition coefficient (Wildman–Crippen LogP) is 4.80. The van der Waals surface area contributed by atoms with Gasteiger partial charge in [-0.2, -0.15) is 4.98 Å². The molecule has 0 radical (unpaired) electrons. The summed E-state index contributed by atoms with van der Waals surface area (Å²) in [7, 11) is 0. The molecule has 5 rings (SSSR count). The molecule has 2 N–H and O–H groups in total. The summed E-state index contributed by atoms with van der Waals surface area (Å²) in [5.74, 6) is 1.62. The highest BCUT2D eigenvalue weighted by molar-refractivity contribution is 9.10. The van der Waals surface area contributed by atoms with Crippen molar-refractivity contribution in [1.82, 2.24) is 14.5 Å². The molecule has 0 unspecified atom stereocenters. The molecular weight excluding hydrogens is 456 g/mol. The molecule has 146 valence electrons. The van der Waals surface area contributed by atoms with Gasteiger partial charge in [0, 0.05) is 10.7 Å². The number of aromatic nitrogens is 3. The second-order valence-electron chi connectivity index (χ2n) is 6.81. The van der Waals surface area contributed by atoms with Crippen LogP contribution in [0.5, 0.6) is 11.5 Å². The van der Waals surface area contributed by atoms with Crippen LogP contribution < -0.4 is 15.2 Å². The molecule has 2 aromatic carbocycles. The van der Waals surface area contributed by atoms with Crippen LogP contribution in [0.2, 0.25) is 5.15 Å². The highest BCUT2D eigenvalue weighted by Gasteiger charge is 2.19. The lowest BCUT2D eigenvalue weighted by Gasteiger charge is -2.09. The number of rotatable bonds is 4. The number of benzene rings is 2. The maximum absolute atomic E-state index is 6.47. The average Bonchev–Trinajstić information content (AvgIpc) is 3.27. The van der Waals surface area contributed by atoms with Gasteiger partial charge in [-0.25, -0.2) is 4.98 Å². The highest BCUT2D eigenvalue weighted by Crippen LogP contribution is 2.38. The Morgan fingerprint density at radius 2 is 1.83 bits per heavy atom. The molecule has 0 fully saturated rings. The Kier molecular flexibility index (Phi) is 4.56. The third-order valence-electron chi connectivity index (χ3n) is 4.89. The number of anilines is 1. The number of nitrogens with two attached hydrogens (primary N) is 1. The summed E-state index contributed by atoms with van der Waals surface area (Å²) >= 11 is 10.1. The summed E-state index contributed by atoms with van der Waals surface area (Å²) in [5, 5.41) is 1.18. The van der Waals surface area contributed by atoms with Crippen LogP contribution in [-0.4, -0.2) is 21.3 Å². The van der Waals surface area contributed by atoms with E-state index in [1.165, 1.54) is 5.56 Å². The van der Waals surface area contributed by atoms with E-state index in [2.05, 4.69) is 44.2 Å². The Hall–Kier alpha value is -2.77. The maximum atomic E-state index is 6.47. The minimum absolute atomic E-state index is 0.151. The molecule has 3 heterocycles. The monoisotopic (exact) mass is 470 g/mol. The van der Waals surface area contributed by atoms with E-state index in [1.54, 1.807) is 0 Å². The fourth-order valence-electron chi connectivity index (χ4n) is 3.57. The fourth-order valence-corrected chi connectivity index (χ4v) is 4.31. The number of hydrogen-bond acceptors (Lipinski definition) is 5. The van der Waals surface area contributed by atoms with Crippen LogP contribution in [0.25, 0.3) is 11.0 Å². The van der Waals surface area contributed by atoms with Crippen LogP contribution in [0.15, 0.2) is 53.1 Å². The van der Waals surface area contributed by atoms with Gasteiger partial charge >= 0.3 is 0 Å². The van der Waals surface area contributed by atoms with Gasteiger partial charge in [-0.15, -0.1) is 0 Å². The molecule has 0 bridgehead atoms. The Labute approximate surface area is 180 Å². The van der Waals surface area contributed by atoms with Crippen LogP contribution in [0.1, 0.15) is 16.7 Å². The summed E-state index contributed by atoms with van der Waals surface area (Å²) in [6.45, 7) is 0.799. The van der Waals surface area contributed by atoms with Gasteiger partial charge in [-0.05, 0) is 35.2 Å². The normalized spacial score (nSPS) is 12.6. The van der Waals surface area contributed by atoms with Crippen molar-refractivity contribution < 1.29 is 9.47 Å². The van der Waals surface area contributed by atoms with E-state index in [0.29, 0.717) is 17.3 Å². The molecule has 8 heteroatoms. The minimum Gasteiger partial charge on any atom is -0.454 e. The van der Waals surface area contributed by atoms with Gasteiger partial charge in [0.1, 0.15) is 10.8 Å². The standard InChI is InChI=1S/C21H16BrClN4O2/c22-15-8-17-16(28-11-29-17)7-13(15)9-27-10-14(6-12-4-2-1-3-5-12)18-19(23)25-21(24)26-20(18)27/h1-5,7-8,10H,6,9,11H2,(H2,24,25,26). The second-order valence-corrected chi connectivity index (χ2v) is 8.03. The molecule has 1 aliphatic heterocycles. The molecular formula is C21H16BrClN4O2. The SMILES string of the molecule is Nc1nc(Cl)c2c(Cc3ccccc3)cn(Cc3cc4c(cc3Br)OCO4)c2n1. The maximum Gasteiger partial charge on any atom is 0.231 e. The van der Waals surface area contributed by atoms with Crippen molar-refractivity contribution in [2.24, 2.45) is 0 Å². The first-order valence-corrected chi connectivity index (χ1v) is 10.2. The third-order valence-corrected chi connectivity index (χ3v) is 5.90. The minimum atomic E-state index is 0.151. The quantitative estimate of drug-likeness (QED) is 0.433. The highest BCUT2D eigenvalue weighted by atomic mass is 79.9. The zero-order valence-electron chi connectivity index (χ0n) is 15.2. The van der Waals surface area contributed by atoms with Crippen molar-refractivity contribution >= 4 is 44.5 Å². The van der Waals surface area contributed by atoms with Crippen molar-refractivity contribution in [2.75, 3.05) is 12.5 Å². The molecule has 0 atom stereocenters. The van der Waals surface area contributed by atoms with Gasteiger partial charge in [0.15, 0.2) is 11.5 Å². The summed E-state index contributed by atoms with van der Waals surface area (Å²) in [6.07, 6.45) is 2.79. The van der Waals surface area contributed by atoms with Gasteiger partial charge in [0.05, 0.1) is 11.9 Å². The zero-order valence-corrected chi connectivity index (χ0v) is 17.6. The number of fused-ring (bicyclic) bond motifs is 2. The van der Waals surface area contributed by atoms with Crippen LogP contribution in [-0.2, 0) is 13.0 Å². The molecule has 0 saturated carbocycles. The zero-order chi connectivity index (χ0) is 20.0. The van der Waals surface area contributed by atoms with E-state index < -0.39 is 0 Å². The van der Waals surface area contributed by atoms with Crippen LogP contribution >= 0.6 is 27.5 Å². The van der Waals surface area contributed by atoms with Gasteiger partial charge in [0.2, 0.25) is 12.7 Å². The molecule has 29 heavy (non-hydrogen) atoms. The predicted molar refractivity (Wildman–Crippen MR) is 116 cm³/mol. The van der Waals surface area contributed by atoms with Gasteiger partial charge < -0.3 is 19.8 Å². The van der Waals surface area contributed by atoms with Crippen LogP contribution in [0.3, 0.4) is 0 Å². The van der Waals surface area contributed by atoms with Crippen molar-refractivity contribution in [3.05, 3.63) is 75.0 Å². The van der Waals surface area contributed by atoms with Crippen molar-refractivity contribution in [3.8, 4) is 11.5 Å². The van der Waals surface area contributed by atoms with E-state index in [0.717, 1.165) is 38.9 Å². The molecule has 1 aliphatic rings. The summed E-state index contributed by atoms with van der Waals surface area (Å²) in [4.78, 5) is 8.63. The third kappa shape index (κ3) is 3.41. The molecule has 0 spiro atoms. The molecule has 0 amide bonds.